The molecule has 2 aromatic carbocycles. The molecule has 0 radical (unpaired) electrons. The van der Waals surface area contributed by atoms with E-state index in [1.54, 1.807) is 12.1 Å². The molecule has 2 aromatic rings. The fourth-order valence-corrected chi connectivity index (χ4v) is 2.86. The summed E-state index contributed by atoms with van der Waals surface area (Å²) >= 11 is 1.46. The van der Waals surface area contributed by atoms with E-state index in [4.69, 9.17) is 9.84 Å². The van der Waals surface area contributed by atoms with Gasteiger partial charge in [0.15, 0.2) is 6.61 Å². The van der Waals surface area contributed by atoms with E-state index in [1.165, 1.54) is 23.9 Å². The van der Waals surface area contributed by atoms with Crippen LogP contribution in [0.4, 0.5) is 17.1 Å². The maximum atomic E-state index is 12.4. The van der Waals surface area contributed by atoms with E-state index in [2.05, 4.69) is 10.6 Å². The van der Waals surface area contributed by atoms with Crippen LogP contribution in [-0.4, -0.2) is 47.9 Å². The first kappa shape index (κ1) is 21.2. The fraction of sp³-hybridized carbons (Fsp3) is 0.222. The number of para-hydroxylation sites is 1. The van der Waals surface area contributed by atoms with Crippen LogP contribution in [0.1, 0.15) is 10.4 Å². The molecule has 1 amide bonds. The molecule has 0 spiro atoms. The van der Waals surface area contributed by atoms with Gasteiger partial charge in [-0.15, -0.1) is 11.8 Å². The third-order valence-electron chi connectivity index (χ3n) is 3.58. The summed E-state index contributed by atoms with van der Waals surface area (Å²) in [7, 11) is 0. The van der Waals surface area contributed by atoms with Crippen molar-refractivity contribution in [2.45, 2.75) is 4.90 Å². The van der Waals surface area contributed by atoms with Crippen molar-refractivity contribution >= 4 is 40.7 Å². The van der Waals surface area contributed by atoms with Crippen molar-refractivity contribution in [1.82, 2.24) is 0 Å². The molecule has 0 saturated carbocycles. The summed E-state index contributed by atoms with van der Waals surface area (Å²) in [5, 5.41) is 25.3. The van der Waals surface area contributed by atoms with Crippen molar-refractivity contribution in [2.75, 3.05) is 36.6 Å². The first-order valence-corrected chi connectivity index (χ1v) is 9.42. The Labute approximate surface area is 165 Å². The topological polar surface area (TPSA) is 131 Å². The van der Waals surface area contributed by atoms with Gasteiger partial charge in [-0.1, -0.05) is 12.1 Å². The zero-order chi connectivity index (χ0) is 20.5. The molecule has 148 valence electrons. The SMILES string of the molecule is CSc1ccccc1NC(=O)COC(=O)c1cc([N+](=O)[O-])ccc1NCCO. The molecular weight excluding hydrogens is 386 g/mol. The number of non-ortho nitro benzene ring substituents is 1. The van der Waals surface area contributed by atoms with Crippen LogP contribution in [0.5, 0.6) is 0 Å². The zero-order valence-electron chi connectivity index (χ0n) is 15.0. The molecule has 0 unspecified atom stereocenters. The Morgan fingerprint density at radius 2 is 1.96 bits per heavy atom. The second-order valence-electron chi connectivity index (χ2n) is 5.46. The molecule has 0 fully saturated rings. The summed E-state index contributed by atoms with van der Waals surface area (Å²) in [6, 6.07) is 10.8. The van der Waals surface area contributed by atoms with Crippen molar-refractivity contribution in [3.05, 3.63) is 58.1 Å². The van der Waals surface area contributed by atoms with Gasteiger partial charge >= 0.3 is 5.97 Å². The number of rotatable bonds is 9. The number of aliphatic hydroxyl groups excluding tert-OH is 1. The quantitative estimate of drug-likeness (QED) is 0.251. The minimum absolute atomic E-state index is 0.0973. The van der Waals surface area contributed by atoms with Gasteiger partial charge in [-0.05, 0) is 24.5 Å². The van der Waals surface area contributed by atoms with E-state index in [0.29, 0.717) is 5.69 Å². The Balaban J connectivity index is 2.07. The highest BCUT2D eigenvalue weighted by atomic mass is 32.2. The number of nitro groups is 1. The second kappa shape index (κ2) is 10.3. The molecule has 10 heteroatoms. The average Bonchev–Trinajstić information content (AvgIpc) is 2.70. The normalized spacial score (nSPS) is 10.2. The van der Waals surface area contributed by atoms with E-state index in [-0.39, 0.29) is 30.1 Å². The number of nitrogens with zero attached hydrogens (tertiary/aromatic N) is 1. The van der Waals surface area contributed by atoms with Crippen molar-refractivity contribution in [1.29, 1.82) is 0 Å². The standard InChI is InChI=1S/C18H19N3O6S/c1-28-16-5-3-2-4-15(16)20-17(23)11-27-18(24)13-10-12(21(25)26)6-7-14(13)19-8-9-22/h2-7,10,19,22H,8-9,11H2,1H3,(H,20,23). The molecule has 0 aromatic heterocycles. The molecule has 9 nitrogen and oxygen atoms in total. The Hall–Kier alpha value is -3.11. The fourth-order valence-electron chi connectivity index (χ4n) is 2.30. The maximum absolute atomic E-state index is 12.4. The van der Waals surface area contributed by atoms with Gasteiger partial charge in [0.25, 0.3) is 11.6 Å². The first-order valence-electron chi connectivity index (χ1n) is 8.19. The van der Waals surface area contributed by atoms with Gasteiger partial charge in [0.1, 0.15) is 0 Å². The van der Waals surface area contributed by atoms with Crippen LogP contribution in [0.15, 0.2) is 47.4 Å². The minimum atomic E-state index is -0.891. The number of benzene rings is 2. The molecule has 0 aliphatic carbocycles. The lowest BCUT2D eigenvalue weighted by Gasteiger charge is -2.12. The number of esters is 1. The lowest BCUT2D eigenvalue weighted by molar-refractivity contribution is -0.384. The molecule has 0 saturated heterocycles. The molecule has 0 heterocycles. The Bertz CT molecular complexity index is 874. The summed E-state index contributed by atoms with van der Waals surface area (Å²) in [4.78, 5) is 35.6. The predicted octanol–water partition coefficient (Wildman–Crippen LogP) is 2.52. The highest BCUT2D eigenvalue weighted by Crippen LogP contribution is 2.25. The van der Waals surface area contributed by atoms with Crippen LogP contribution in [-0.2, 0) is 9.53 Å². The summed E-state index contributed by atoms with van der Waals surface area (Å²) in [6.45, 7) is -0.601. The third-order valence-corrected chi connectivity index (χ3v) is 4.37. The number of nitrogens with one attached hydrogen (secondary N) is 2. The number of thioether (sulfide) groups is 1. The van der Waals surface area contributed by atoms with Gasteiger partial charge < -0.3 is 20.5 Å². The van der Waals surface area contributed by atoms with E-state index < -0.39 is 23.4 Å². The monoisotopic (exact) mass is 405 g/mol. The smallest absolute Gasteiger partial charge is 0.341 e. The minimum Gasteiger partial charge on any atom is -0.452 e. The van der Waals surface area contributed by atoms with E-state index in [1.807, 2.05) is 18.4 Å². The summed E-state index contributed by atoms with van der Waals surface area (Å²) in [5.41, 5.74) is 0.467. The number of carbonyl (C=O) groups is 2. The number of anilines is 2. The Kier molecular flexibility index (Phi) is 7.78. The molecule has 0 atom stereocenters. The lowest BCUT2D eigenvalue weighted by atomic mass is 10.1. The molecule has 2 rings (SSSR count). The van der Waals surface area contributed by atoms with Crippen LogP contribution in [0, 0.1) is 10.1 Å². The number of aliphatic hydroxyl groups is 1. The van der Waals surface area contributed by atoms with Crippen LogP contribution in [0.3, 0.4) is 0 Å². The number of amides is 1. The molecule has 0 bridgehead atoms. The number of nitro benzene ring substituents is 1. The first-order chi connectivity index (χ1) is 13.5. The summed E-state index contributed by atoms with van der Waals surface area (Å²) in [6.07, 6.45) is 1.87. The van der Waals surface area contributed by atoms with Crippen LogP contribution < -0.4 is 10.6 Å². The number of ether oxygens (including phenoxy) is 1. The Morgan fingerprint density at radius 3 is 2.64 bits per heavy atom. The van der Waals surface area contributed by atoms with E-state index in [9.17, 15) is 19.7 Å². The van der Waals surface area contributed by atoms with E-state index in [0.717, 1.165) is 11.0 Å². The second-order valence-corrected chi connectivity index (χ2v) is 6.31. The van der Waals surface area contributed by atoms with Gasteiger partial charge in [-0.25, -0.2) is 4.79 Å². The van der Waals surface area contributed by atoms with Crippen LogP contribution >= 0.6 is 11.8 Å². The Morgan fingerprint density at radius 1 is 1.21 bits per heavy atom. The van der Waals surface area contributed by atoms with Crippen molar-refractivity contribution in [2.24, 2.45) is 0 Å². The molecule has 0 aliphatic heterocycles. The van der Waals surface area contributed by atoms with Gasteiger partial charge in [-0.3, -0.25) is 14.9 Å². The summed E-state index contributed by atoms with van der Waals surface area (Å²) in [5.74, 6) is -1.43. The van der Waals surface area contributed by atoms with Crippen molar-refractivity contribution in [3.63, 3.8) is 0 Å². The molecular formula is C18H19N3O6S. The van der Waals surface area contributed by atoms with Crippen LogP contribution in [0.25, 0.3) is 0 Å². The van der Waals surface area contributed by atoms with Crippen molar-refractivity contribution < 1.29 is 24.4 Å². The van der Waals surface area contributed by atoms with E-state index >= 15 is 0 Å². The maximum Gasteiger partial charge on any atom is 0.341 e. The van der Waals surface area contributed by atoms with Gasteiger partial charge in [0.05, 0.1) is 22.8 Å². The van der Waals surface area contributed by atoms with Gasteiger partial charge in [0.2, 0.25) is 0 Å². The van der Waals surface area contributed by atoms with Gasteiger partial charge in [-0.2, -0.15) is 0 Å². The van der Waals surface area contributed by atoms with Crippen molar-refractivity contribution in [3.8, 4) is 0 Å². The number of carbonyl (C=O) groups excluding carboxylic acids is 2. The molecule has 3 N–H and O–H groups in total. The molecule has 28 heavy (non-hydrogen) atoms. The average molecular weight is 405 g/mol. The predicted molar refractivity (Wildman–Crippen MR) is 106 cm³/mol. The molecule has 0 aliphatic rings. The number of hydrogen-bond donors (Lipinski definition) is 3. The third kappa shape index (κ3) is 5.69. The van der Waals surface area contributed by atoms with Crippen LogP contribution in [0.2, 0.25) is 0 Å². The lowest BCUT2D eigenvalue weighted by Crippen LogP contribution is -2.22. The zero-order valence-corrected chi connectivity index (χ0v) is 15.8. The highest BCUT2D eigenvalue weighted by molar-refractivity contribution is 7.98. The number of hydrogen-bond acceptors (Lipinski definition) is 8. The largest absolute Gasteiger partial charge is 0.452 e. The van der Waals surface area contributed by atoms with Gasteiger partial charge in [0, 0.05) is 29.3 Å². The highest BCUT2D eigenvalue weighted by Gasteiger charge is 2.19. The summed E-state index contributed by atoms with van der Waals surface area (Å²) < 4.78 is 5.01.